The molecule has 24 heavy (non-hydrogen) atoms. The molecule has 0 aromatic heterocycles. The first-order chi connectivity index (χ1) is 11.6. The van der Waals surface area contributed by atoms with Gasteiger partial charge in [-0.1, -0.05) is 30.3 Å². The van der Waals surface area contributed by atoms with E-state index < -0.39 is 12.1 Å². The maximum atomic E-state index is 11.4. The molecule has 0 unspecified atom stereocenters. The van der Waals surface area contributed by atoms with Crippen LogP contribution in [0, 0.1) is 0 Å². The number of carbonyl (C=O) groups is 3. The number of ether oxygens (including phenoxy) is 3. The van der Waals surface area contributed by atoms with E-state index in [2.05, 4.69) is 10.6 Å². The Labute approximate surface area is 140 Å². The number of alkyl carbamates (subject to hydrolysis) is 1. The Morgan fingerprint density at radius 2 is 1.67 bits per heavy atom. The molecule has 0 radical (unpaired) electrons. The lowest BCUT2D eigenvalue weighted by Crippen LogP contribution is -2.33. The van der Waals surface area contributed by atoms with Crippen LogP contribution >= 0.6 is 0 Å². The van der Waals surface area contributed by atoms with Crippen LogP contribution in [0.15, 0.2) is 30.3 Å². The Balaban J connectivity index is 2.02. The fourth-order valence-electron chi connectivity index (χ4n) is 1.61. The molecule has 1 aromatic rings. The summed E-state index contributed by atoms with van der Waals surface area (Å²) in [5, 5.41) is 5.06. The van der Waals surface area contributed by atoms with E-state index in [1.807, 2.05) is 30.3 Å². The van der Waals surface area contributed by atoms with Gasteiger partial charge in [0.05, 0.1) is 13.2 Å². The summed E-state index contributed by atoms with van der Waals surface area (Å²) in [6.45, 7) is 2.32. The second kappa shape index (κ2) is 11.9. The summed E-state index contributed by atoms with van der Waals surface area (Å²) in [6, 6.07) is 9.19. The van der Waals surface area contributed by atoms with Crippen LogP contribution in [0.2, 0.25) is 0 Å². The third kappa shape index (κ3) is 9.42. The van der Waals surface area contributed by atoms with Crippen molar-refractivity contribution in [1.29, 1.82) is 0 Å². The first-order valence-electron chi connectivity index (χ1n) is 7.58. The van der Waals surface area contributed by atoms with Gasteiger partial charge < -0.3 is 24.8 Å². The summed E-state index contributed by atoms with van der Waals surface area (Å²) in [5.41, 5.74) is 0.850. The molecule has 0 aliphatic carbocycles. The van der Waals surface area contributed by atoms with Crippen molar-refractivity contribution in [3.63, 3.8) is 0 Å². The first kappa shape index (κ1) is 19.4. The largest absolute Gasteiger partial charge is 0.465 e. The van der Waals surface area contributed by atoms with Crippen LogP contribution in [0.25, 0.3) is 0 Å². The Morgan fingerprint density at radius 1 is 0.958 bits per heavy atom. The number of benzene rings is 1. The highest BCUT2D eigenvalue weighted by molar-refractivity contribution is 5.77. The lowest BCUT2D eigenvalue weighted by Gasteiger charge is -2.08. The van der Waals surface area contributed by atoms with Gasteiger partial charge in [-0.15, -0.1) is 0 Å². The number of hydrogen-bond donors (Lipinski definition) is 2. The van der Waals surface area contributed by atoms with E-state index in [0.717, 1.165) is 5.56 Å². The smallest absolute Gasteiger partial charge is 0.407 e. The third-order valence-electron chi connectivity index (χ3n) is 2.71. The second-order valence-electron chi connectivity index (χ2n) is 4.62. The van der Waals surface area contributed by atoms with Gasteiger partial charge in [0.15, 0.2) is 0 Å². The van der Waals surface area contributed by atoms with Crippen molar-refractivity contribution in [2.45, 2.75) is 13.5 Å². The first-order valence-corrected chi connectivity index (χ1v) is 7.58. The topological polar surface area (TPSA) is 103 Å². The molecular weight excluding hydrogens is 316 g/mol. The molecule has 1 rings (SSSR count). The minimum Gasteiger partial charge on any atom is -0.465 e. The van der Waals surface area contributed by atoms with Crippen molar-refractivity contribution in [3.8, 4) is 0 Å². The molecule has 0 saturated carbocycles. The van der Waals surface area contributed by atoms with Gasteiger partial charge in [-0.2, -0.15) is 0 Å². The van der Waals surface area contributed by atoms with Gasteiger partial charge in [0.25, 0.3) is 0 Å². The van der Waals surface area contributed by atoms with E-state index in [1.54, 1.807) is 6.92 Å². The molecule has 0 saturated heterocycles. The van der Waals surface area contributed by atoms with E-state index in [-0.39, 0.29) is 32.3 Å². The van der Waals surface area contributed by atoms with Gasteiger partial charge in [0.1, 0.15) is 19.8 Å². The molecule has 1 aromatic carbocycles. The molecule has 8 nitrogen and oxygen atoms in total. The van der Waals surface area contributed by atoms with Crippen molar-refractivity contribution >= 4 is 18.0 Å². The van der Waals surface area contributed by atoms with Crippen LogP contribution in [-0.2, 0) is 30.4 Å². The number of esters is 2. The molecular formula is C16H22N2O6. The highest BCUT2D eigenvalue weighted by atomic mass is 16.6. The summed E-state index contributed by atoms with van der Waals surface area (Å²) in [5.74, 6) is -0.962. The number of hydrogen-bond acceptors (Lipinski definition) is 7. The number of carbonyl (C=O) groups excluding carboxylic acids is 3. The molecule has 0 atom stereocenters. The summed E-state index contributed by atoms with van der Waals surface area (Å²) >= 11 is 0. The zero-order valence-corrected chi connectivity index (χ0v) is 13.6. The van der Waals surface area contributed by atoms with Gasteiger partial charge in [0, 0.05) is 6.54 Å². The summed E-state index contributed by atoms with van der Waals surface area (Å²) in [4.78, 5) is 33.9. The zero-order valence-electron chi connectivity index (χ0n) is 13.6. The van der Waals surface area contributed by atoms with Gasteiger partial charge in [0.2, 0.25) is 0 Å². The average Bonchev–Trinajstić information content (AvgIpc) is 2.59. The average molecular weight is 338 g/mol. The van der Waals surface area contributed by atoms with E-state index in [0.29, 0.717) is 13.2 Å². The predicted octanol–water partition coefficient (Wildman–Crippen LogP) is 0.609. The van der Waals surface area contributed by atoms with Crippen LogP contribution in [0.4, 0.5) is 4.79 Å². The molecule has 0 bridgehead atoms. The summed E-state index contributed by atoms with van der Waals surface area (Å²) in [7, 11) is 0. The zero-order chi connectivity index (χ0) is 17.6. The number of rotatable bonds is 10. The van der Waals surface area contributed by atoms with E-state index in [1.165, 1.54) is 0 Å². The molecule has 0 aliphatic rings. The molecule has 132 valence electrons. The number of amides is 1. The van der Waals surface area contributed by atoms with Crippen LogP contribution < -0.4 is 10.6 Å². The minimum atomic E-state index is -0.698. The van der Waals surface area contributed by atoms with E-state index in [9.17, 15) is 14.4 Å². The maximum absolute atomic E-state index is 11.4. The second-order valence-corrected chi connectivity index (χ2v) is 4.62. The fourth-order valence-corrected chi connectivity index (χ4v) is 1.61. The SMILES string of the molecule is CCOC(=O)CNCCOC(=O)CNC(=O)OCc1ccccc1. The van der Waals surface area contributed by atoms with Crippen molar-refractivity contribution in [3.05, 3.63) is 35.9 Å². The quantitative estimate of drug-likeness (QED) is 0.366. The Morgan fingerprint density at radius 3 is 2.38 bits per heavy atom. The molecule has 0 heterocycles. The molecule has 2 N–H and O–H groups in total. The molecule has 0 aliphatic heterocycles. The molecule has 1 amide bonds. The Hall–Kier alpha value is -2.61. The van der Waals surface area contributed by atoms with E-state index in [4.69, 9.17) is 14.2 Å². The number of nitrogens with one attached hydrogen (secondary N) is 2. The molecule has 0 spiro atoms. The highest BCUT2D eigenvalue weighted by Crippen LogP contribution is 2.00. The predicted molar refractivity (Wildman–Crippen MR) is 85.1 cm³/mol. The third-order valence-corrected chi connectivity index (χ3v) is 2.71. The maximum Gasteiger partial charge on any atom is 0.407 e. The standard InChI is InChI=1S/C16H22N2O6/c1-2-22-14(19)10-17-8-9-23-15(20)11-18-16(21)24-12-13-6-4-3-5-7-13/h3-7,17H,2,8-12H2,1H3,(H,18,21). The lowest BCUT2D eigenvalue weighted by molar-refractivity contribution is -0.142. The van der Waals surface area contributed by atoms with Gasteiger partial charge in [-0.3, -0.25) is 9.59 Å². The summed E-state index contributed by atoms with van der Waals surface area (Å²) in [6.07, 6.45) is -0.698. The highest BCUT2D eigenvalue weighted by Gasteiger charge is 2.07. The summed E-state index contributed by atoms with van der Waals surface area (Å²) < 4.78 is 14.5. The monoisotopic (exact) mass is 338 g/mol. The van der Waals surface area contributed by atoms with Crippen molar-refractivity contribution in [2.75, 3.05) is 32.8 Å². The van der Waals surface area contributed by atoms with Crippen molar-refractivity contribution in [1.82, 2.24) is 10.6 Å². The van der Waals surface area contributed by atoms with Crippen LogP contribution in [0.3, 0.4) is 0 Å². The van der Waals surface area contributed by atoms with E-state index >= 15 is 0 Å². The normalized spacial score (nSPS) is 9.88. The lowest BCUT2D eigenvalue weighted by atomic mass is 10.2. The Bertz CT molecular complexity index is 521. The van der Waals surface area contributed by atoms with Gasteiger partial charge in [-0.25, -0.2) is 4.79 Å². The van der Waals surface area contributed by atoms with Crippen molar-refractivity contribution < 1.29 is 28.6 Å². The fraction of sp³-hybridized carbons (Fsp3) is 0.438. The van der Waals surface area contributed by atoms with Crippen LogP contribution in [0.5, 0.6) is 0 Å². The van der Waals surface area contributed by atoms with Gasteiger partial charge >= 0.3 is 18.0 Å². The van der Waals surface area contributed by atoms with Crippen LogP contribution in [-0.4, -0.2) is 50.9 Å². The van der Waals surface area contributed by atoms with Gasteiger partial charge in [-0.05, 0) is 12.5 Å². The Kier molecular flexibility index (Phi) is 9.63. The van der Waals surface area contributed by atoms with Crippen LogP contribution in [0.1, 0.15) is 12.5 Å². The molecule has 8 heteroatoms. The van der Waals surface area contributed by atoms with Crippen molar-refractivity contribution in [2.24, 2.45) is 0 Å². The molecule has 0 fully saturated rings. The minimum absolute atomic E-state index is 0.0510.